The summed E-state index contributed by atoms with van der Waals surface area (Å²) >= 11 is 0. The molecular formula is C21H22N4O2. The first kappa shape index (κ1) is 18.4. The highest BCUT2D eigenvalue weighted by atomic mass is 16.2. The van der Waals surface area contributed by atoms with Gasteiger partial charge in [-0.1, -0.05) is 60.7 Å². The molecule has 0 aliphatic heterocycles. The number of aryl methyl sites for hydroxylation is 1. The van der Waals surface area contributed by atoms with Crippen molar-refractivity contribution in [3.8, 4) is 0 Å². The second-order valence-corrected chi connectivity index (χ2v) is 6.39. The number of H-pyrrole nitrogens is 2. The van der Waals surface area contributed by atoms with E-state index in [4.69, 9.17) is 5.10 Å². The molecule has 6 nitrogen and oxygen atoms in total. The summed E-state index contributed by atoms with van der Waals surface area (Å²) in [5.74, 6) is 0. The number of nitrogens with zero attached hydrogens (tertiary/aromatic N) is 2. The SMILES string of the molecule is C/C(=N/N(Cc1ccccc1)Cc1ccccc1)c1c(C)[nH]c(=O)[nH]c1=O. The summed E-state index contributed by atoms with van der Waals surface area (Å²) in [6.45, 7) is 4.68. The lowest BCUT2D eigenvalue weighted by atomic mass is 10.1. The van der Waals surface area contributed by atoms with Crippen molar-refractivity contribution in [1.82, 2.24) is 15.0 Å². The summed E-state index contributed by atoms with van der Waals surface area (Å²) in [7, 11) is 0. The molecule has 0 fully saturated rings. The zero-order valence-electron chi connectivity index (χ0n) is 15.4. The second-order valence-electron chi connectivity index (χ2n) is 6.39. The number of rotatable bonds is 6. The van der Waals surface area contributed by atoms with Crippen molar-refractivity contribution in [2.24, 2.45) is 5.10 Å². The van der Waals surface area contributed by atoms with Crippen LogP contribution in [0, 0.1) is 6.92 Å². The molecule has 0 aliphatic carbocycles. The molecule has 0 atom stereocenters. The number of hydrogen-bond donors (Lipinski definition) is 2. The number of hydrazone groups is 1. The third-order valence-electron chi connectivity index (χ3n) is 4.20. The van der Waals surface area contributed by atoms with E-state index in [1.165, 1.54) is 0 Å². The monoisotopic (exact) mass is 362 g/mol. The molecule has 27 heavy (non-hydrogen) atoms. The van der Waals surface area contributed by atoms with Crippen molar-refractivity contribution in [3.63, 3.8) is 0 Å². The minimum Gasteiger partial charge on any atom is -0.311 e. The van der Waals surface area contributed by atoms with Crippen molar-refractivity contribution in [2.45, 2.75) is 26.9 Å². The first-order chi connectivity index (χ1) is 13.0. The normalized spacial score (nSPS) is 11.4. The van der Waals surface area contributed by atoms with E-state index in [0.29, 0.717) is 30.1 Å². The van der Waals surface area contributed by atoms with Crippen molar-refractivity contribution < 1.29 is 0 Å². The van der Waals surface area contributed by atoms with Crippen molar-refractivity contribution in [3.05, 3.63) is 104 Å². The zero-order valence-corrected chi connectivity index (χ0v) is 15.4. The van der Waals surface area contributed by atoms with E-state index in [-0.39, 0.29) is 0 Å². The van der Waals surface area contributed by atoms with Crippen LogP contribution >= 0.6 is 0 Å². The summed E-state index contributed by atoms with van der Waals surface area (Å²) in [5, 5.41) is 6.62. The van der Waals surface area contributed by atoms with Gasteiger partial charge in [0.1, 0.15) is 0 Å². The molecule has 3 aromatic rings. The number of hydrogen-bond acceptors (Lipinski definition) is 4. The van der Waals surface area contributed by atoms with Gasteiger partial charge in [0.05, 0.1) is 24.4 Å². The van der Waals surface area contributed by atoms with E-state index in [2.05, 4.69) is 9.97 Å². The Morgan fingerprint density at radius 1 is 0.889 bits per heavy atom. The summed E-state index contributed by atoms with van der Waals surface area (Å²) in [6.07, 6.45) is 0. The first-order valence-electron chi connectivity index (χ1n) is 8.74. The third-order valence-corrected chi connectivity index (χ3v) is 4.20. The molecule has 1 heterocycles. The first-order valence-corrected chi connectivity index (χ1v) is 8.74. The van der Waals surface area contributed by atoms with E-state index in [1.54, 1.807) is 13.8 Å². The van der Waals surface area contributed by atoms with Crippen molar-refractivity contribution >= 4 is 5.71 Å². The molecule has 0 radical (unpaired) electrons. The van der Waals surface area contributed by atoms with Crippen molar-refractivity contribution in [1.29, 1.82) is 0 Å². The van der Waals surface area contributed by atoms with Crippen LogP contribution in [0.1, 0.15) is 29.3 Å². The van der Waals surface area contributed by atoms with Gasteiger partial charge in [-0.2, -0.15) is 5.10 Å². The van der Waals surface area contributed by atoms with Gasteiger partial charge in [0, 0.05) is 5.69 Å². The Labute approximate surface area is 157 Å². The molecule has 0 aliphatic rings. The Kier molecular flexibility index (Phi) is 5.66. The number of aromatic nitrogens is 2. The average molecular weight is 362 g/mol. The standard InChI is InChI=1S/C21H22N4O2/c1-15-19(20(26)23-21(27)22-15)16(2)24-25(13-17-9-5-3-6-10-17)14-18-11-7-4-8-12-18/h3-12H,13-14H2,1-2H3,(H2,22,23,26,27)/b24-16-. The molecule has 2 N–H and O–H groups in total. The van der Waals surface area contributed by atoms with Gasteiger partial charge in [-0.15, -0.1) is 0 Å². The Morgan fingerprint density at radius 3 is 1.89 bits per heavy atom. The summed E-state index contributed by atoms with van der Waals surface area (Å²) in [6, 6.07) is 20.1. The molecular weight excluding hydrogens is 340 g/mol. The Balaban J connectivity index is 1.95. The highest BCUT2D eigenvalue weighted by molar-refractivity contribution is 5.99. The molecule has 0 unspecified atom stereocenters. The maximum atomic E-state index is 12.2. The molecule has 138 valence electrons. The number of nitrogens with one attached hydrogen (secondary N) is 2. The number of benzene rings is 2. The molecule has 0 spiro atoms. The molecule has 0 saturated carbocycles. The van der Waals surface area contributed by atoms with Crippen LogP contribution in [0.2, 0.25) is 0 Å². The van der Waals surface area contributed by atoms with Gasteiger partial charge in [-0.25, -0.2) is 4.79 Å². The van der Waals surface area contributed by atoms with Crippen LogP contribution < -0.4 is 11.2 Å². The maximum absolute atomic E-state index is 12.2. The van der Waals surface area contributed by atoms with Crippen LogP contribution in [0.25, 0.3) is 0 Å². The quantitative estimate of drug-likeness (QED) is 0.523. The van der Waals surface area contributed by atoms with Crippen LogP contribution in [-0.4, -0.2) is 20.7 Å². The van der Waals surface area contributed by atoms with Crippen molar-refractivity contribution in [2.75, 3.05) is 0 Å². The fourth-order valence-electron chi connectivity index (χ4n) is 3.01. The summed E-state index contributed by atoms with van der Waals surface area (Å²) in [4.78, 5) is 28.5. The topological polar surface area (TPSA) is 81.3 Å². The molecule has 6 heteroatoms. The maximum Gasteiger partial charge on any atom is 0.325 e. The minimum atomic E-state index is -0.514. The van der Waals surface area contributed by atoms with Gasteiger partial charge >= 0.3 is 5.69 Å². The molecule has 2 aromatic carbocycles. The highest BCUT2D eigenvalue weighted by Gasteiger charge is 2.12. The fraction of sp³-hybridized carbons (Fsp3) is 0.190. The molecule has 1 aromatic heterocycles. The molecule has 0 amide bonds. The summed E-state index contributed by atoms with van der Waals surface area (Å²) < 4.78 is 0. The minimum absolute atomic E-state index is 0.390. The van der Waals surface area contributed by atoms with Gasteiger partial charge in [0.2, 0.25) is 0 Å². The smallest absolute Gasteiger partial charge is 0.311 e. The van der Waals surface area contributed by atoms with Crippen LogP contribution in [0.3, 0.4) is 0 Å². The van der Waals surface area contributed by atoms with Crippen LogP contribution in [0.5, 0.6) is 0 Å². The van der Waals surface area contributed by atoms with E-state index < -0.39 is 11.2 Å². The third kappa shape index (κ3) is 4.82. The largest absolute Gasteiger partial charge is 0.325 e. The summed E-state index contributed by atoms with van der Waals surface area (Å²) in [5.41, 5.74) is 2.74. The van der Waals surface area contributed by atoms with Crippen LogP contribution in [-0.2, 0) is 13.1 Å². The second kappa shape index (κ2) is 8.31. The van der Waals surface area contributed by atoms with Crippen LogP contribution in [0.15, 0.2) is 75.4 Å². The predicted octanol–water partition coefficient (Wildman–Crippen LogP) is 2.80. The highest BCUT2D eigenvalue weighted by Crippen LogP contribution is 2.12. The van der Waals surface area contributed by atoms with Gasteiger partial charge in [0.15, 0.2) is 0 Å². The van der Waals surface area contributed by atoms with E-state index >= 15 is 0 Å². The molecule has 0 bridgehead atoms. The van der Waals surface area contributed by atoms with E-state index in [0.717, 1.165) is 11.1 Å². The Hall–Kier alpha value is -3.41. The van der Waals surface area contributed by atoms with E-state index in [9.17, 15) is 9.59 Å². The Morgan fingerprint density at radius 2 is 1.41 bits per heavy atom. The lowest BCUT2D eigenvalue weighted by molar-refractivity contribution is 0.271. The van der Waals surface area contributed by atoms with Gasteiger partial charge in [-0.05, 0) is 25.0 Å². The van der Waals surface area contributed by atoms with Gasteiger partial charge in [0.25, 0.3) is 5.56 Å². The number of aromatic amines is 2. The fourth-order valence-corrected chi connectivity index (χ4v) is 3.01. The predicted molar refractivity (Wildman–Crippen MR) is 107 cm³/mol. The van der Waals surface area contributed by atoms with Gasteiger partial charge in [-0.3, -0.25) is 14.8 Å². The Bertz CT molecular complexity index is 996. The lowest BCUT2D eigenvalue weighted by Gasteiger charge is -2.21. The average Bonchev–Trinajstić information content (AvgIpc) is 2.62. The lowest BCUT2D eigenvalue weighted by Crippen LogP contribution is -2.30. The van der Waals surface area contributed by atoms with E-state index in [1.807, 2.05) is 65.7 Å². The zero-order chi connectivity index (χ0) is 19.2. The molecule has 3 rings (SSSR count). The van der Waals surface area contributed by atoms with Gasteiger partial charge < -0.3 is 4.98 Å². The molecule has 0 saturated heterocycles. The van der Waals surface area contributed by atoms with Crippen LogP contribution in [0.4, 0.5) is 0 Å².